The Kier molecular flexibility index (Phi) is 5.30. The Morgan fingerprint density at radius 3 is 2.50 bits per heavy atom. The molecule has 6 heteroatoms. The van der Waals surface area contributed by atoms with E-state index in [9.17, 15) is 4.79 Å². The summed E-state index contributed by atoms with van der Waals surface area (Å²) in [6, 6.07) is 0.605. The number of halogens is 2. The first-order valence-corrected chi connectivity index (χ1v) is 6.51. The number of carbonyl (C=O) groups is 1. The van der Waals surface area contributed by atoms with Gasteiger partial charge in [-0.25, -0.2) is 0 Å². The van der Waals surface area contributed by atoms with E-state index >= 15 is 0 Å². The van der Waals surface area contributed by atoms with Gasteiger partial charge in [-0.1, -0.05) is 6.42 Å². The van der Waals surface area contributed by atoms with Crippen LogP contribution < -0.4 is 5.73 Å². The van der Waals surface area contributed by atoms with Gasteiger partial charge < -0.3 is 10.6 Å². The molecule has 2 saturated heterocycles. The lowest BCUT2D eigenvalue weighted by molar-refractivity contribution is -0.137. The molecule has 4 nitrogen and oxygen atoms in total. The predicted molar refractivity (Wildman–Crippen MR) is 76.4 cm³/mol. The summed E-state index contributed by atoms with van der Waals surface area (Å²) in [5.41, 5.74) is 5.51. The molecule has 0 radical (unpaired) electrons. The van der Waals surface area contributed by atoms with Crippen LogP contribution in [0.3, 0.4) is 0 Å². The van der Waals surface area contributed by atoms with E-state index in [1.807, 2.05) is 4.90 Å². The fourth-order valence-electron chi connectivity index (χ4n) is 3.00. The quantitative estimate of drug-likeness (QED) is 0.786. The lowest BCUT2D eigenvalue weighted by Crippen LogP contribution is -2.59. The minimum Gasteiger partial charge on any atom is -0.338 e. The topological polar surface area (TPSA) is 49.6 Å². The second-order valence-electron chi connectivity index (χ2n) is 5.59. The van der Waals surface area contributed by atoms with Crippen LogP contribution in [0.2, 0.25) is 0 Å². The van der Waals surface area contributed by atoms with Gasteiger partial charge in [-0.05, 0) is 32.2 Å². The zero-order chi connectivity index (χ0) is 11.2. The molecule has 1 atom stereocenters. The lowest BCUT2D eigenvalue weighted by Gasteiger charge is -2.44. The number of piperidine rings is 1. The molecule has 1 amide bonds. The number of nitrogens with two attached hydrogens (primary N) is 1. The van der Waals surface area contributed by atoms with Gasteiger partial charge in [0.15, 0.2) is 0 Å². The van der Waals surface area contributed by atoms with Gasteiger partial charge in [0.2, 0.25) is 5.91 Å². The van der Waals surface area contributed by atoms with Crippen LogP contribution in [0.25, 0.3) is 0 Å². The minimum absolute atomic E-state index is 0. The van der Waals surface area contributed by atoms with Gasteiger partial charge in [0, 0.05) is 25.7 Å². The highest BCUT2D eigenvalue weighted by Crippen LogP contribution is 2.35. The average Bonchev–Trinajstić information content (AvgIpc) is 3.07. The normalized spacial score (nSPS) is 29.6. The Balaban J connectivity index is 0.000000810. The Bertz CT molecular complexity index is 310. The molecule has 0 spiro atoms. The van der Waals surface area contributed by atoms with Crippen LogP contribution in [0.15, 0.2) is 0 Å². The largest absolute Gasteiger partial charge is 0.338 e. The van der Waals surface area contributed by atoms with Gasteiger partial charge in [-0.2, -0.15) is 0 Å². The minimum atomic E-state index is -0.475. The summed E-state index contributed by atoms with van der Waals surface area (Å²) in [5.74, 6) is 0.206. The van der Waals surface area contributed by atoms with Crippen molar-refractivity contribution in [3.63, 3.8) is 0 Å². The highest BCUT2D eigenvalue weighted by atomic mass is 35.5. The van der Waals surface area contributed by atoms with E-state index in [-0.39, 0.29) is 30.7 Å². The van der Waals surface area contributed by atoms with Gasteiger partial charge in [-0.3, -0.25) is 9.69 Å². The molecule has 0 bridgehead atoms. The third-order valence-corrected chi connectivity index (χ3v) is 4.34. The van der Waals surface area contributed by atoms with Gasteiger partial charge in [0.1, 0.15) is 0 Å². The molecule has 3 fully saturated rings. The molecule has 0 aromatic heterocycles. The van der Waals surface area contributed by atoms with Crippen molar-refractivity contribution in [1.82, 2.24) is 9.80 Å². The number of hydrogen-bond donors (Lipinski definition) is 1. The predicted octanol–water partition coefficient (Wildman–Crippen LogP) is 1.02. The van der Waals surface area contributed by atoms with E-state index in [0.717, 1.165) is 32.5 Å². The smallest absolute Gasteiger partial charge is 0.242 e. The van der Waals surface area contributed by atoms with Crippen LogP contribution in [0.5, 0.6) is 0 Å². The zero-order valence-corrected chi connectivity index (χ0v) is 12.3. The SMILES string of the molecule is Cl.Cl.NC1(C(=O)N2CCN3CCCCC3C2)CC1. The molecule has 1 unspecified atom stereocenters. The van der Waals surface area contributed by atoms with Crippen molar-refractivity contribution >= 4 is 30.7 Å². The van der Waals surface area contributed by atoms with Crippen LogP contribution in [0, 0.1) is 0 Å². The fourth-order valence-corrected chi connectivity index (χ4v) is 3.00. The maximum Gasteiger partial charge on any atom is 0.242 e. The van der Waals surface area contributed by atoms with Crippen molar-refractivity contribution in [2.45, 2.75) is 43.7 Å². The van der Waals surface area contributed by atoms with Crippen LogP contribution in [-0.2, 0) is 4.79 Å². The molecule has 0 aromatic carbocycles. The van der Waals surface area contributed by atoms with Gasteiger partial charge in [0.25, 0.3) is 0 Å². The van der Waals surface area contributed by atoms with Crippen LogP contribution >= 0.6 is 24.8 Å². The van der Waals surface area contributed by atoms with Crippen LogP contribution in [-0.4, -0.2) is 53.5 Å². The number of nitrogens with zero attached hydrogens (tertiary/aromatic N) is 2. The molecule has 2 aliphatic heterocycles. The summed E-state index contributed by atoms with van der Waals surface area (Å²) in [4.78, 5) is 16.7. The molecule has 1 saturated carbocycles. The summed E-state index contributed by atoms with van der Waals surface area (Å²) < 4.78 is 0. The lowest BCUT2D eigenvalue weighted by atomic mass is 9.99. The number of hydrogen-bond acceptors (Lipinski definition) is 3. The molecular weight excluding hydrogens is 273 g/mol. The van der Waals surface area contributed by atoms with Crippen molar-refractivity contribution in [3.05, 3.63) is 0 Å². The number of amides is 1. The maximum absolute atomic E-state index is 12.1. The number of piperazine rings is 1. The molecule has 106 valence electrons. The van der Waals surface area contributed by atoms with E-state index in [0.29, 0.717) is 6.04 Å². The van der Waals surface area contributed by atoms with E-state index in [4.69, 9.17) is 5.73 Å². The van der Waals surface area contributed by atoms with E-state index < -0.39 is 5.54 Å². The first-order valence-electron chi connectivity index (χ1n) is 6.51. The van der Waals surface area contributed by atoms with Crippen molar-refractivity contribution in [2.75, 3.05) is 26.2 Å². The average molecular weight is 296 g/mol. The van der Waals surface area contributed by atoms with Gasteiger partial charge in [0.05, 0.1) is 5.54 Å². The number of carbonyl (C=O) groups excluding carboxylic acids is 1. The summed E-state index contributed by atoms with van der Waals surface area (Å²) in [6.45, 7) is 4.07. The summed E-state index contributed by atoms with van der Waals surface area (Å²) in [6.07, 6.45) is 5.66. The molecule has 3 aliphatic rings. The summed E-state index contributed by atoms with van der Waals surface area (Å²) in [7, 11) is 0. The highest BCUT2D eigenvalue weighted by Gasteiger charge is 2.49. The third-order valence-electron chi connectivity index (χ3n) is 4.34. The van der Waals surface area contributed by atoms with Crippen molar-refractivity contribution in [3.8, 4) is 0 Å². The van der Waals surface area contributed by atoms with Crippen LogP contribution in [0.4, 0.5) is 0 Å². The first-order chi connectivity index (χ1) is 7.69. The van der Waals surface area contributed by atoms with E-state index in [1.54, 1.807) is 0 Å². The standard InChI is InChI=1S/C12H21N3O.2ClH/c13-12(4-5-12)11(16)15-8-7-14-6-2-1-3-10(14)9-15;;/h10H,1-9,13H2;2*1H. The number of fused-ring (bicyclic) bond motifs is 1. The monoisotopic (exact) mass is 295 g/mol. The number of rotatable bonds is 1. The molecule has 18 heavy (non-hydrogen) atoms. The van der Waals surface area contributed by atoms with E-state index in [1.165, 1.54) is 25.8 Å². The molecule has 3 rings (SSSR count). The van der Waals surface area contributed by atoms with Gasteiger partial charge >= 0.3 is 0 Å². The van der Waals surface area contributed by atoms with Gasteiger partial charge in [-0.15, -0.1) is 24.8 Å². The first kappa shape index (κ1) is 16.0. The molecule has 1 aliphatic carbocycles. The van der Waals surface area contributed by atoms with Crippen molar-refractivity contribution in [1.29, 1.82) is 0 Å². The van der Waals surface area contributed by atoms with Crippen molar-refractivity contribution in [2.24, 2.45) is 5.73 Å². The Morgan fingerprint density at radius 2 is 1.83 bits per heavy atom. The maximum atomic E-state index is 12.1. The molecular formula is C12H23Cl2N3O. The fraction of sp³-hybridized carbons (Fsp3) is 0.917. The molecule has 0 aromatic rings. The van der Waals surface area contributed by atoms with Crippen molar-refractivity contribution < 1.29 is 4.79 Å². The van der Waals surface area contributed by atoms with E-state index in [2.05, 4.69) is 4.90 Å². The summed E-state index contributed by atoms with van der Waals surface area (Å²) >= 11 is 0. The Labute approximate surface area is 121 Å². The molecule has 2 heterocycles. The molecule has 2 N–H and O–H groups in total. The van der Waals surface area contributed by atoms with Crippen LogP contribution in [0.1, 0.15) is 32.1 Å². The second-order valence-corrected chi connectivity index (χ2v) is 5.59. The third kappa shape index (κ3) is 2.93. The zero-order valence-electron chi connectivity index (χ0n) is 10.6. The Morgan fingerprint density at radius 1 is 1.11 bits per heavy atom. The Hall–Kier alpha value is -0.0300. The second kappa shape index (κ2) is 5.95. The summed E-state index contributed by atoms with van der Waals surface area (Å²) in [5, 5.41) is 0. The highest BCUT2D eigenvalue weighted by molar-refractivity contribution is 5.89.